The molecule has 0 unspecified atom stereocenters. The molecule has 0 aliphatic carbocycles. The zero-order valence-electron chi connectivity index (χ0n) is 10.8. The van der Waals surface area contributed by atoms with Gasteiger partial charge in [-0.25, -0.2) is 0 Å². The van der Waals surface area contributed by atoms with Crippen LogP contribution >= 0.6 is 12.6 Å². The van der Waals surface area contributed by atoms with Crippen LogP contribution in [0.4, 0.5) is 0 Å². The molecule has 0 bridgehead atoms. The molecule has 4 heteroatoms. The molecule has 0 atom stereocenters. The fourth-order valence-electron chi connectivity index (χ4n) is 1.96. The lowest BCUT2D eigenvalue weighted by molar-refractivity contribution is 0.412. The normalized spacial score (nSPS) is 14.5. The third-order valence-electron chi connectivity index (χ3n) is 2.88. The van der Waals surface area contributed by atoms with Crippen LogP contribution in [0.25, 0.3) is 0 Å². The first-order valence-electron chi connectivity index (χ1n) is 5.93. The molecular formula is C14H17N3S. The van der Waals surface area contributed by atoms with E-state index in [1.54, 1.807) is 0 Å². The van der Waals surface area contributed by atoms with Crippen molar-refractivity contribution < 1.29 is 0 Å². The Balaban J connectivity index is 2.92. The van der Waals surface area contributed by atoms with E-state index in [0.29, 0.717) is 5.57 Å². The van der Waals surface area contributed by atoms with Gasteiger partial charge in [0.1, 0.15) is 17.7 Å². The molecule has 94 valence electrons. The molecular weight excluding hydrogens is 242 g/mol. The number of allylic oxidation sites excluding steroid dienone is 6. The summed E-state index contributed by atoms with van der Waals surface area (Å²) in [7, 11) is 0. The van der Waals surface area contributed by atoms with Crippen LogP contribution in [0.3, 0.4) is 0 Å². The van der Waals surface area contributed by atoms with Crippen LogP contribution in [-0.2, 0) is 0 Å². The van der Waals surface area contributed by atoms with Gasteiger partial charge in [0, 0.05) is 23.5 Å². The Labute approximate surface area is 114 Å². The van der Waals surface area contributed by atoms with Gasteiger partial charge in [0.15, 0.2) is 0 Å². The van der Waals surface area contributed by atoms with Crippen LogP contribution in [0.5, 0.6) is 0 Å². The third-order valence-corrected chi connectivity index (χ3v) is 3.20. The summed E-state index contributed by atoms with van der Waals surface area (Å²) in [5, 5.41) is 17.8. The van der Waals surface area contributed by atoms with E-state index in [9.17, 15) is 0 Å². The molecule has 0 amide bonds. The van der Waals surface area contributed by atoms with Crippen LogP contribution in [0.1, 0.15) is 26.7 Å². The van der Waals surface area contributed by atoms with Crippen molar-refractivity contribution in [2.45, 2.75) is 26.7 Å². The number of hydrogen-bond donors (Lipinski definition) is 1. The van der Waals surface area contributed by atoms with Crippen molar-refractivity contribution in [3.05, 3.63) is 34.7 Å². The molecule has 0 aromatic rings. The van der Waals surface area contributed by atoms with Crippen LogP contribution in [-0.4, -0.2) is 17.2 Å². The molecule has 3 nitrogen and oxygen atoms in total. The topological polar surface area (TPSA) is 50.8 Å². The highest BCUT2D eigenvalue weighted by molar-refractivity contribution is 7.80. The van der Waals surface area contributed by atoms with Crippen molar-refractivity contribution in [2.75, 3.05) is 12.3 Å². The molecule has 0 saturated carbocycles. The summed E-state index contributed by atoms with van der Waals surface area (Å²) in [6.45, 7) is 4.96. The van der Waals surface area contributed by atoms with Crippen molar-refractivity contribution in [1.29, 1.82) is 10.5 Å². The van der Waals surface area contributed by atoms with E-state index < -0.39 is 0 Å². The van der Waals surface area contributed by atoms with Gasteiger partial charge in [0.05, 0.1) is 0 Å². The molecule has 1 heterocycles. The van der Waals surface area contributed by atoms with E-state index in [-0.39, 0.29) is 5.57 Å². The molecule has 0 fully saturated rings. The molecule has 1 rings (SSSR count). The monoisotopic (exact) mass is 259 g/mol. The van der Waals surface area contributed by atoms with E-state index in [4.69, 9.17) is 10.5 Å². The highest BCUT2D eigenvalue weighted by Crippen LogP contribution is 2.24. The molecule has 0 saturated heterocycles. The number of hydrogen-bond acceptors (Lipinski definition) is 4. The number of thiol groups is 1. The summed E-state index contributed by atoms with van der Waals surface area (Å²) in [6, 6.07) is 3.86. The van der Waals surface area contributed by atoms with Gasteiger partial charge in [-0.3, -0.25) is 0 Å². The highest BCUT2D eigenvalue weighted by Gasteiger charge is 2.15. The Kier molecular flexibility index (Phi) is 5.55. The smallest absolute Gasteiger partial charge is 0.137 e. The Morgan fingerprint density at radius 3 is 2.17 bits per heavy atom. The van der Waals surface area contributed by atoms with Gasteiger partial charge in [-0.2, -0.15) is 23.2 Å². The molecule has 0 aromatic heterocycles. The first-order valence-corrected chi connectivity index (χ1v) is 6.56. The minimum absolute atomic E-state index is 0.170. The van der Waals surface area contributed by atoms with Gasteiger partial charge in [-0.05, 0) is 44.6 Å². The van der Waals surface area contributed by atoms with Crippen molar-refractivity contribution in [2.24, 2.45) is 0 Å². The summed E-state index contributed by atoms with van der Waals surface area (Å²) >= 11 is 4.20. The number of unbranched alkanes of at least 4 members (excludes halogenated alkanes) is 1. The maximum atomic E-state index is 8.88. The molecule has 1 aliphatic rings. The van der Waals surface area contributed by atoms with Crippen LogP contribution in [0.2, 0.25) is 0 Å². The van der Waals surface area contributed by atoms with E-state index >= 15 is 0 Å². The van der Waals surface area contributed by atoms with Gasteiger partial charge in [0.25, 0.3) is 0 Å². The summed E-state index contributed by atoms with van der Waals surface area (Å²) in [5.41, 5.74) is 3.03. The van der Waals surface area contributed by atoms with Gasteiger partial charge in [-0.1, -0.05) is 0 Å². The predicted molar refractivity (Wildman–Crippen MR) is 75.6 cm³/mol. The van der Waals surface area contributed by atoms with Gasteiger partial charge >= 0.3 is 0 Å². The first-order chi connectivity index (χ1) is 8.63. The fourth-order valence-corrected chi connectivity index (χ4v) is 2.18. The summed E-state index contributed by atoms with van der Waals surface area (Å²) in [6.07, 6.45) is 5.97. The number of rotatable bonds is 4. The van der Waals surface area contributed by atoms with Gasteiger partial charge < -0.3 is 4.90 Å². The minimum Gasteiger partial charge on any atom is -0.349 e. The second-order valence-corrected chi connectivity index (χ2v) is 4.65. The lowest BCUT2D eigenvalue weighted by Gasteiger charge is -2.29. The summed E-state index contributed by atoms with van der Waals surface area (Å²) < 4.78 is 0. The molecule has 0 aromatic carbocycles. The molecule has 0 radical (unpaired) electrons. The van der Waals surface area contributed by atoms with Crippen LogP contribution < -0.4 is 0 Å². The molecule has 0 spiro atoms. The molecule has 18 heavy (non-hydrogen) atoms. The lowest BCUT2D eigenvalue weighted by Crippen LogP contribution is -2.23. The first kappa shape index (κ1) is 14.4. The second-order valence-electron chi connectivity index (χ2n) is 4.21. The highest BCUT2D eigenvalue weighted by atomic mass is 32.1. The fraction of sp³-hybridized carbons (Fsp3) is 0.429. The van der Waals surface area contributed by atoms with E-state index in [0.717, 1.165) is 36.5 Å². The molecule has 0 N–H and O–H groups in total. The quantitative estimate of drug-likeness (QED) is 0.479. The predicted octanol–water partition coefficient (Wildman–Crippen LogP) is 3.16. The lowest BCUT2D eigenvalue weighted by atomic mass is 10.0. The van der Waals surface area contributed by atoms with Gasteiger partial charge in [-0.15, -0.1) is 0 Å². The minimum atomic E-state index is 0.170. The zero-order valence-corrected chi connectivity index (χ0v) is 11.7. The summed E-state index contributed by atoms with van der Waals surface area (Å²) in [4.78, 5) is 2.21. The SMILES string of the molecule is CC1=CC(=C(C#N)C#N)C=C(C)N1CCCCS. The van der Waals surface area contributed by atoms with Gasteiger partial charge in [0.2, 0.25) is 0 Å². The van der Waals surface area contributed by atoms with E-state index in [2.05, 4.69) is 17.5 Å². The Morgan fingerprint density at radius 2 is 1.72 bits per heavy atom. The summed E-state index contributed by atoms with van der Waals surface area (Å²) in [5.74, 6) is 0.900. The average molecular weight is 259 g/mol. The maximum Gasteiger partial charge on any atom is 0.137 e. The van der Waals surface area contributed by atoms with Crippen molar-refractivity contribution in [3.8, 4) is 12.1 Å². The zero-order chi connectivity index (χ0) is 13.5. The van der Waals surface area contributed by atoms with Crippen LogP contribution in [0, 0.1) is 22.7 Å². The van der Waals surface area contributed by atoms with E-state index in [1.165, 1.54) is 0 Å². The average Bonchev–Trinajstić information content (AvgIpc) is 2.34. The Morgan fingerprint density at radius 1 is 1.17 bits per heavy atom. The maximum absolute atomic E-state index is 8.88. The number of nitrogens with zero attached hydrogens (tertiary/aromatic N) is 3. The van der Waals surface area contributed by atoms with Crippen molar-refractivity contribution >= 4 is 12.6 Å². The third kappa shape index (κ3) is 3.42. The molecule has 1 aliphatic heterocycles. The second kappa shape index (κ2) is 6.93. The standard InChI is InChI=1S/C14H17N3S/c1-11-7-13(14(9-15)10-16)8-12(2)17(11)5-3-4-6-18/h7-8,18H,3-6H2,1-2H3. The Hall–Kier alpha value is -1.65. The van der Waals surface area contributed by atoms with Crippen molar-refractivity contribution in [1.82, 2.24) is 4.90 Å². The van der Waals surface area contributed by atoms with Crippen molar-refractivity contribution in [3.63, 3.8) is 0 Å². The Bertz CT molecular complexity index is 448. The van der Waals surface area contributed by atoms with Crippen LogP contribution in [0.15, 0.2) is 34.7 Å². The number of nitriles is 2. The van der Waals surface area contributed by atoms with E-state index in [1.807, 2.05) is 38.1 Å². The largest absolute Gasteiger partial charge is 0.349 e.